The van der Waals surface area contributed by atoms with Crippen molar-refractivity contribution in [3.05, 3.63) is 35.6 Å². The van der Waals surface area contributed by atoms with Crippen LogP contribution in [0.15, 0.2) is 29.3 Å². The minimum Gasteiger partial charge on any atom is -0.375 e. The van der Waals surface area contributed by atoms with Crippen LogP contribution in [0.25, 0.3) is 0 Å². The smallest absolute Gasteiger partial charge is 0.193 e. The minimum atomic E-state index is -0.233. The Hall–Kier alpha value is -1.62. The molecule has 0 saturated carbocycles. The molecule has 1 heterocycles. The average Bonchev–Trinajstić information content (AvgIpc) is 2.52. The molecule has 0 amide bonds. The van der Waals surface area contributed by atoms with Crippen molar-refractivity contribution < 1.29 is 9.13 Å². The molecule has 1 fully saturated rings. The molecule has 0 radical (unpaired) electrons. The lowest BCUT2D eigenvalue weighted by molar-refractivity contribution is 0.105. The van der Waals surface area contributed by atoms with Gasteiger partial charge in [-0.3, -0.25) is 4.99 Å². The number of likely N-dealkylation sites (tertiary alicyclic amines) is 1. The fraction of sp³-hybridized carbons (Fsp3) is 0.611. The third-order valence-electron chi connectivity index (χ3n) is 4.35. The van der Waals surface area contributed by atoms with Gasteiger partial charge in [0, 0.05) is 33.8 Å². The van der Waals surface area contributed by atoms with Crippen molar-refractivity contribution in [3.63, 3.8) is 0 Å². The maximum atomic E-state index is 13.1. The molecule has 0 spiro atoms. The van der Waals surface area contributed by atoms with Crippen molar-refractivity contribution in [2.24, 2.45) is 16.8 Å². The third kappa shape index (κ3) is 4.93. The van der Waals surface area contributed by atoms with Crippen LogP contribution in [0.5, 0.6) is 0 Å². The van der Waals surface area contributed by atoms with E-state index in [1.54, 1.807) is 19.2 Å². The summed E-state index contributed by atoms with van der Waals surface area (Å²) in [7, 11) is 3.48. The van der Waals surface area contributed by atoms with Gasteiger partial charge in [-0.1, -0.05) is 26.0 Å². The largest absolute Gasteiger partial charge is 0.375 e. The lowest BCUT2D eigenvalue weighted by Crippen LogP contribution is -2.49. The van der Waals surface area contributed by atoms with E-state index in [4.69, 9.17) is 4.74 Å². The molecule has 128 valence electrons. The lowest BCUT2D eigenvalue weighted by atomic mass is 9.92. The van der Waals surface area contributed by atoms with Crippen molar-refractivity contribution >= 4 is 5.96 Å². The Morgan fingerprint density at radius 1 is 1.30 bits per heavy atom. The maximum absolute atomic E-state index is 13.1. The maximum Gasteiger partial charge on any atom is 0.193 e. The number of nitrogens with one attached hydrogen (secondary N) is 1. The van der Waals surface area contributed by atoms with Crippen LogP contribution in [-0.4, -0.2) is 44.7 Å². The van der Waals surface area contributed by atoms with Crippen LogP contribution < -0.4 is 5.32 Å². The monoisotopic (exact) mass is 321 g/mol. The molecule has 4 nitrogen and oxygen atoms in total. The first-order valence-electron chi connectivity index (χ1n) is 8.27. The summed E-state index contributed by atoms with van der Waals surface area (Å²) in [5, 5.41) is 3.40. The van der Waals surface area contributed by atoms with Gasteiger partial charge in [0.1, 0.15) is 5.82 Å². The summed E-state index contributed by atoms with van der Waals surface area (Å²) in [4.78, 5) is 6.73. The summed E-state index contributed by atoms with van der Waals surface area (Å²) in [6.45, 7) is 7.23. The quantitative estimate of drug-likeness (QED) is 0.684. The first-order chi connectivity index (χ1) is 11.0. The molecule has 1 aliphatic heterocycles. The van der Waals surface area contributed by atoms with Crippen molar-refractivity contribution in [1.29, 1.82) is 0 Å². The number of ether oxygens (including phenoxy) is 1. The molecule has 3 unspecified atom stereocenters. The van der Waals surface area contributed by atoms with Gasteiger partial charge in [0.05, 0.1) is 6.10 Å². The predicted octanol–water partition coefficient (Wildman–Crippen LogP) is 3.07. The van der Waals surface area contributed by atoms with Gasteiger partial charge in [0.25, 0.3) is 0 Å². The molecule has 2 rings (SSSR count). The van der Waals surface area contributed by atoms with Crippen molar-refractivity contribution in [3.8, 4) is 0 Å². The molecular formula is C18H28FN3O. The van der Waals surface area contributed by atoms with Crippen LogP contribution in [0, 0.1) is 17.7 Å². The molecule has 0 aliphatic carbocycles. The first kappa shape index (κ1) is 17.7. The number of methoxy groups -OCH3 is 1. The van der Waals surface area contributed by atoms with Crippen LogP contribution in [0.2, 0.25) is 0 Å². The Labute approximate surface area is 138 Å². The Morgan fingerprint density at radius 3 is 2.43 bits per heavy atom. The van der Waals surface area contributed by atoms with E-state index in [1.165, 1.54) is 18.6 Å². The van der Waals surface area contributed by atoms with Gasteiger partial charge in [-0.05, 0) is 36.0 Å². The number of hydrogen-bond acceptors (Lipinski definition) is 2. The zero-order valence-corrected chi connectivity index (χ0v) is 14.6. The Morgan fingerprint density at radius 2 is 1.91 bits per heavy atom. The van der Waals surface area contributed by atoms with Crippen molar-refractivity contribution in [2.75, 3.05) is 33.8 Å². The lowest BCUT2D eigenvalue weighted by Gasteiger charge is -2.37. The number of halogens is 1. The van der Waals surface area contributed by atoms with Gasteiger partial charge in [-0.15, -0.1) is 0 Å². The Balaban J connectivity index is 1.97. The van der Waals surface area contributed by atoms with E-state index >= 15 is 0 Å². The van der Waals surface area contributed by atoms with E-state index in [1.807, 2.05) is 7.05 Å². The molecule has 0 aromatic heterocycles. The van der Waals surface area contributed by atoms with Gasteiger partial charge in [-0.2, -0.15) is 0 Å². The molecular weight excluding hydrogens is 293 g/mol. The molecule has 1 N–H and O–H groups in total. The van der Waals surface area contributed by atoms with Crippen molar-refractivity contribution in [1.82, 2.24) is 10.2 Å². The van der Waals surface area contributed by atoms with Gasteiger partial charge < -0.3 is 15.0 Å². The molecule has 1 aromatic carbocycles. The fourth-order valence-electron chi connectivity index (χ4n) is 3.37. The third-order valence-corrected chi connectivity index (χ3v) is 4.35. The Kier molecular flexibility index (Phi) is 6.39. The summed E-state index contributed by atoms with van der Waals surface area (Å²) in [6, 6.07) is 6.45. The molecule has 5 heteroatoms. The van der Waals surface area contributed by atoms with E-state index < -0.39 is 0 Å². The first-order valence-corrected chi connectivity index (χ1v) is 8.27. The molecule has 1 aliphatic rings. The van der Waals surface area contributed by atoms with E-state index in [2.05, 4.69) is 29.1 Å². The summed E-state index contributed by atoms with van der Waals surface area (Å²) >= 11 is 0. The normalized spacial score (nSPS) is 23.7. The summed E-state index contributed by atoms with van der Waals surface area (Å²) < 4.78 is 18.6. The highest BCUT2D eigenvalue weighted by atomic mass is 19.1. The standard InChI is InChI=1S/C18H28FN3O/c1-13-9-14(2)12-22(11-13)18(20-3)21-10-17(23-4)15-5-7-16(19)8-6-15/h5-8,13-14,17H,9-12H2,1-4H3,(H,20,21). The van der Waals surface area contributed by atoms with E-state index in [9.17, 15) is 4.39 Å². The SMILES string of the molecule is CN=C(NCC(OC)c1ccc(F)cc1)N1CC(C)CC(C)C1. The topological polar surface area (TPSA) is 36.9 Å². The number of aliphatic imine (C=N–C) groups is 1. The van der Waals surface area contributed by atoms with Gasteiger partial charge in [-0.25, -0.2) is 4.39 Å². The van der Waals surface area contributed by atoms with Crippen molar-refractivity contribution in [2.45, 2.75) is 26.4 Å². The second kappa shape index (κ2) is 8.29. The van der Waals surface area contributed by atoms with Gasteiger partial charge in [0.15, 0.2) is 5.96 Å². The number of benzene rings is 1. The van der Waals surface area contributed by atoms with Crippen LogP contribution >= 0.6 is 0 Å². The highest BCUT2D eigenvalue weighted by Crippen LogP contribution is 2.21. The zero-order chi connectivity index (χ0) is 16.8. The number of rotatable bonds is 4. The summed E-state index contributed by atoms with van der Waals surface area (Å²) in [5.41, 5.74) is 0.956. The van der Waals surface area contributed by atoms with Crippen LogP contribution in [0.1, 0.15) is 31.9 Å². The van der Waals surface area contributed by atoms with Crippen LogP contribution in [0.3, 0.4) is 0 Å². The molecule has 23 heavy (non-hydrogen) atoms. The number of hydrogen-bond donors (Lipinski definition) is 1. The predicted molar refractivity (Wildman–Crippen MR) is 92.0 cm³/mol. The second-order valence-corrected chi connectivity index (χ2v) is 6.56. The van der Waals surface area contributed by atoms with Crippen LogP contribution in [-0.2, 0) is 4.74 Å². The number of piperidine rings is 1. The van der Waals surface area contributed by atoms with E-state index in [-0.39, 0.29) is 11.9 Å². The number of nitrogens with zero attached hydrogens (tertiary/aromatic N) is 2. The second-order valence-electron chi connectivity index (χ2n) is 6.56. The minimum absolute atomic E-state index is 0.132. The molecule has 0 bridgehead atoms. The molecule has 1 aromatic rings. The number of guanidine groups is 1. The molecule has 3 atom stereocenters. The highest BCUT2D eigenvalue weighted by Gasteiger charge is 2.24. The fourth-order valence-corrected chi connectivity index (χ4v) is 3.37. The summed E-state index contributed by atoms with van der Waals surface area (Å²) in [6.07, 6.45) is 1.14. The van der Waals surface area contributed by atoms with Gasteiger partial charge >= 0.3 is 0 Å². The van der Waals surface area contributed by atoms with E-state index in [0.717, 1.165) is 24.6 Å². The van der Waals surface area contributed by atoms with Crippen LogP contribution in [0.4, 0.5) is 4.39 Å². The summed E-state index contributed by atoms with van der Waals surface area (Å²) in [5.74, 6) is 2.02. The van der Waals surface area contributed by atoms with Gasteiger partial charge in [0.2, 0.25) is 0 Å². The molecule has 1 saturated heterocycles. The average molecular weight is 321 g/mol. The van der Waals surface area contributed by atoms with E-state index in [0.29, 0.717) is 18.4 Å². The Bertz CT molecular complexity index is 508. The zero-order valence-electron chi connectivity index (χ0n) is 14.6. The highest BCUT2D eigenvalue weighted by molar-refractivity contribution is 5.80.